The number of rotatable bonds is 4. The molecule has 1 saturated heterocycles. The fourth-order valence-corrected chi connectivity index (χ4v) is 4.12. The number of ether oxygens (including phenoxy) is 1. The second kappa shape index (κ2) is 8.33. The van der Waals surface area contributed by atoms with Crippen molar-refractivity contribution in [3.8, 4) is 11.3 Å². The molecule has 1 amide bonds. The minimum atomic E-state index is -0.350. The number of anilines is 2. The molecule has 7 nitrogen and oxygen atoms in total. The minimum absolute atomic E-state index is 0.168. The Morgan fingerprint density at radius 3 is 2.65 bits per heavy atom. The van der Waals surface area contributed by atoms with E-state index >= 15 is 0 Å². The van der Waals surface area contributed by atoms with Crippen LogP contribution in [-0.2, 0) is 4.74 Å². The summed E-state index contributed by atoms with van der Waals surface area (Å²) in [4.78, 5) is 31.5. The number of amides is 1. The Hall–Kier alpha value is -3.49. The molecule has 1 N–H and O–H groups in total. The third-order valence-corrected chi connectivity index (χ3v) is 5.78. The largest absolute Gasteiger partial charge is 0.454 e. The van der Waals surface area contributed by atoms with Gasteiger partial charge in [0.05, 0.1) is 29.8 Å². The SMILES string of the molecule is O=C(Nc1cccc2c(=O)cc(-c3ccc(N4CCOCC4)cc3)oc12)c1cscn1. The molecule has 3 heterocycles. The number of hydrogen-bond acceptors (Lipinski definition) is 7. The number of fused-ring (bicyclic) bond motifs is 1. The van der Waals surface area contributed by atoms with Crippen LogP contribution in [0.4, 0.5) is 11.4 Å². The highest BCUT2D eigenvalue weighted by molar-refractivity contribution is 7.07. The van der Waals surface area contributed by atoms with Gasteiger partial charge in [0.15, 0.2) is 11.0 Å². The van der Waals surface area contributed by atoms with Gasteiger partial charge in [-0.3, -0.25) is 9.59 Å². The molecule has 2 aromatic heterocycles. The third kappa shape index (κ3) is 3.95. The first-order valence-corrected chi connectivity index (χ1v) is 10.8. The van der Waals surface area contributed by atoms with E-state index in [1.54, 1.807) is 29.1 Å². The number of nitrogens with zero attached hydrogens (tertiary/aromatic N) is 2. The number of carbonyl (C=O) groups excluding carboxylic acids is 1. The quantitative estimate of drug-likeness (QED) is 0.524. The molecule has 8 heteroatoms. The van der Waals surface area contributed by atoms with Crippen molar-refractivity contribution in [1.29, 1.82) is 0 Å². The van der Waals surface area contributed by atoms with Crippen molar-refractivity contribution in [1.82, 2.24) is 4.98 Å². The molecule has 1 aliphatic rings. The number of para-hydroxylation sites is 1. The van der Waals surface area contributed by atoms with Gasteiger partial charge in [-0.25, -0.2) is 4.98 Å². The molecule has 1 aliphatic heterocycles. The molecule has 0 saturated carbocycles. The van der Waals surface area contributed by atoms with Crippen molar-refractivity contribution in [2.24, 2.45) is 0 Å². The van der Waals surface area contributed by atoms with Crippen molar-refractivity contribution in [3.63, 3.8) is 0 Å². The summed E-state index contributed by atoms with van der Waals surface area (Å²) in [5.74, 6) is 0.0954. The lowest BCUT2D eigenvalue weighted by Crippen LogP contribution is -2.36. The van der Waals surface area contributed by atoms with E-state index in [9.17, 15) is 9.59 Å². The Morgan fingerprint density at radius 2 is 1.90 bits per heavy atom. The van der Waals surface area contributed by atoms with Gasteiger partial charge in [0.1, 0.15) is 11.5 Å². The lowest BCUT2D eigenvalue weighted by atomic mass is 10.1. The topological polar surface area (TPSA) is 84.7 Å². The van der Waals surface area contributed by atoms with Gasteiger partial charge in [0.2, 0.25) is 0 Å². The van der Waals surface area contributed by atoms with Crippen molar-refractivity contribution in [2.45, 2.75) is 0 Å². The maximum Gasteiger partial charge on any atom is 0.275 e. The van der Waals surface area contributed by atoms with Gasteiger partial charge in [0.25, 0.3) is 5.91 Å². The first-order valence-electron chi connectivity index (χ1n) is 9.88. The molecule has 0 aliphatic carbocycles. The molecule has 2 aromatic carbocycles. The Balaban J connectivity index is 1.49. The summed E-state index contributed by atoms with van der Waals surface area (Å²) in [6, 6.07) is 14.5. The van der Waals surface area contributed by atoms with E-state index < -0.39 is 0 Å². The molecule has 0 radical (unpaired) electrons. The molecule has 1 fully saturated rings. The lowest BCUT2D eigenvalue weighted by Gasteiger charge is -2.28. The molecule has 31 heavy (non-hydrogen) atoms. The van der Waals surface area contributed by atoms with E-state index in [-0.39, 0.29) is 11.3 Å². The summed E-state index contributed by atoms with van der Waals surface area (Å²) < 4.78 is 11.5. The summed E-state index contributed by atoms with van der Waals surface area (Å²) in [6.07, 6.45) is 0. The number of aromatic nitrogens is 1. The van der Waals surface area contributed by atoms with Gasteiger partial charge in [-0.15, -0.1) is 11.3 Å². The summed E-state index contributed by atoms with van der Waals surface area (Å²) in [5.41, 5.74) is 4.40. The number of hydrogen-bond donors (Lipinski definition) is 1. The number of nitrogens with one attached hydrogen (secondary N) is 1. The fourth-order valence-electron chi connectivity index (χ4n) is 3.59. The second-order valence-electron chi connectivity index (χ2n) is 7.13. The van der Waals surface area contributed by atoms with Gasteiger partial charge in [-0.1, -0.05) is 6.07 Å². The van der Waals surface area contributed by atoms with Crippen LogP contribution >= 0.6 is 11.3 Å². The predicted molar refractivity (Wildman–Crippen MR) is 121 cm³/mol. The highest BCUT2D eigenvalue weighted by Crippen LogP contribution is 2.29. The van der Waals surface area contributed by atoms with Crippen molar-refractivity contribution >= 4 is 39.6 Å². The zero-order valence-corrected chi connectivity index (χ0v) is 17.4. The van der Waals surface area contributed by atoms with Crippen molar-refractivity contribution in [2.75, 3.05) is 36.5 Å². The van der Waals surface area contributed by atoms with E-state index in [0.29, 0.717) is 28.1 Å². The first kappa shape index (κ1) is 19.5. The van der Waals surface area contributed by atoms with Crippen LogP contribution in [0.15, 0.2) is 68.6 Å². The normalized spacial score (nSPS) is 14.0. The molecule has 0 bridgehead atoms. The van der Waals surface area contributed by atoms with E-state index in [1.807, 2.05) is 24.3 Å². The van der Waals surface area contributed by atoms with E-state index in [1.165, 1.54) is 17.4 Å². The van der Waals surface area contributed by atoms with Gasteiger partial charge < -0.3 is 19.4 Å². The van der Waals surface area contributed by atoms with Crippen LogP contribution in [0.5, 0.6) is 0 Å². The predicted octanol–water partition coefficient (Wildman–Crippen LogP) is 4.01. The fraction of sp³-hybridized carbons (Fsp3) is 0.174. The monoisotopic (exact) mass is 433 g/mol. The Labute approximate surface area is 181 Å². The van der Waals surface area contributed by atoms with Crippen LogP contribution in [0.25, 0.3) is 22.3 Å². The van der Waals surface area contributed by atoms with Crippen LogP contribution in [0, 0.1) is 0 Å². The van der Waals surface area contributed by atoms with Gasteiger partial charge >= 0.3 is 0 Å². The summed E-state index contributed by atoms with van der Waals surface area (Å²) >= 11 is 1.34. The molecule has 0 unspecified atom stereocenters. The van der Waals surface area contributed by atoms with Crippen LogP contribution in [0.2, 0.25) is 0 Å². The van der Waals surface area contributed by atoms with Crippen LogP contribution in [0.3, 0.4) is 0 Å². The van der Waals surface area contributed by atoms with Gasteiger partial charge in [-0.2, -0.15) is 0 Å². The highest BCUT2D eigenvalue weighted by Gasteiger charge is 2.15. The maximum absolute atomic E-state index is 12.7. The number of morpholine rings is 1. The molecular weight excluding hydrogens is 414 g/mol. The third-order valence-electron chi connectivity index (χ3n) is 5.20. The van der Waals surface area contributed by atoms with Crippen molar-refractivity contribution < 1.29 is 13.9 Å². The Bertz CT molecular complexity index is 1280. The van der Waals surface area contributed by atoms with E-state index in [2.05, 4.69) is 15.2 Å². The van der Waals surface area contributed by atoms with E-state index in [4.69, 9.17) is 9.15 Å². The van der Waals surface area contributed by atoms with E-state index in [0.717, 1.165) is 37.6 Å². The standard InChI is InChI=1S/C23H19N3O4S/c27-20-12-21(15-4-6-16(7-5-15)26-8-10-29-11-9-26)30-22-17(20)2-1-3-18(22)25-23(28)19-13-31-14-24-19/h1-7,12-14H,8-11H2,(H,25,28). The van der Waals surface area contributed by atoms with Crippen LogP contribution < -0.4 is 15.6 Å². The van der Waals surface area contributed by atoms with Crippen LogP contribution in [-0.4, -0.2) is 37.2 Å². The lowest BCUT2D eigenvalue weighted by molar-refractivity contribution is 0.102. The number of benzene rings is 2. The molecule has 4 aromatic rings. The van der Waals surface area contributed by atoms with Gasteiger partial charge in [-0.05, 0) is 36.4 Å². The molecule has 0 atom stereocenters. The number of carbonyl (C=O) groups is 1. The Morgan fingerprint density at radius 1 is 1.10 bits per heavy atom. The zero-order chi connectivity index (χ0) is 21.2. The smallest absolute Gasteiger partial charge is 0.275 e. The zero-order valence-electron chi connectivity index (χ0n) is 16.5. The average Bonchev–Trinajstić information content (AvgIpc) is 3.35. The molecule has 5 rings (SSSR count). The maximum atomic E-state index is 12.7. The number of thiazole rings is 1. The Kier molecular flexibility index (Phi) is 5.23. The first-order chi connectivity index (χ1) is 15.2. The minimum Gasteiger partial charge on any atom is -0.454 e. The summed E-state index contributed by atoms with van der Waals surface area (Å²) in [6.45, 7) is 3.15. The molecule has 0 spiro atoms. The molecular formula is C23H19N3O4S. The highest BCUT2D eigenvalue weighted by atomic mass is 32.1. The average molecular weight is 433 g/mol. The summed E-state index contributed by atoms with van der Waals surface area (Å²) in [5, 5.41) is 4.87. The van der Waals surface area contributed by atoms with Crippen molar-refractivity contribution in [3.05, 3.63) is 75.3 Å². The summed E-state index contributed by atoms with van der Waals surface area (Å²) in [7, 11) is 0. The second-order valence-corrected chi connectivity index (χ2v) is 7.85. The van der Waals surface area contributed by atoms with Gasteiger partial charge in [0, 0.05) is 35.8 Å². The van der Waals surface area contributed by atoms with Crippen LogP contribution in [0.1, 0.15) is 10.5 Å². The molecule has 156 valence electrons.